The topological polar surface area (TPSA) is 93.1 Å². The van der Waals surface area contributed by atoms with E-state index in [1.807, 2.05) is 0 Å². The molecule has 2 N–H and O–H groups in total. The Morgan fingerprint density at radius 2 is 1.83 bits per heavy atom. The average molecular weight is 465 g/mol. The monoisotopic (exact) mass is 464 g/mol. The first kappa shape index (κ1) is 23.0. The first-order chi connectivity index (χ1) is 13.1. The fourth-order valence-corrected chi connectivity index (χ4v) is 4.01. The molecule has 0 fully saturated rings. The van der Waals surface area contributed by atoms with Gasteiger partial charge in [0.15, 0.2) is 17.5 Å². The Morgan fingerprint density at radius 3 is 2.38 bits per heavy atom. The van der Waals surface area contributed by atoms with Crippen molar-refractivity contribution in [3.8, 4) is 0 Å². The summed E-state index contributed by atoms with van der Waals surface area (Å²) >= 11 is 5.84. The molecule has 0 saturated heterocycles. The summed E-state index contributed by atoms with van der Waals surface area (Å²) in [5, 5.41) is 0.991. The number of rotatable bonds is 5. The van der Waals surface area contributed by atoms with E-state index in [0.717, 1.165) is 17.8 Å². The van der Waals surface area contributed by atoms with Gasteiger partial charge < -0.3 is 9.88 Å². The van der Waals surface area contributed by atoms with Crippen molar-refractivity contribution in [3.05, 3.63) is 40.6 Å². The summed E-state index contributed by atoms with van der Waals surface area (Å²) in [6.07, 6.45) is -4.14. The molecule has 0 aliphatic carbocycles. The number of hydrogen-bond donors (Lipinski definition) is 2. The molecule has 0 aromatic carbocycles. The molecule has 2 aromatic rings. The van der Waals surface area contributed by atoms with Crippen LogP contribution < -0.4 is 10.0 Å². The Labute approximate surface area is 164 Å². The molecule has 160 valence electrons. The van der Waals surface area contributed by atoms with Crippen LogP contribution >= 0.6 is 11.6 Å². The second-order valence-corrected chi connectivity index (χ2v) is 7.76. The number of anilines is 1. The molecule has 7 nitrogen and oxygen atoms in total. The van der Waals surface area contributed by atoms with Crippen LogP contribution in [-0.2, 0) is 17.1 Å². The minimum atomic E-state index is -4.88. The van der Waals surface area contributed by atoms with E-state index in [4.69, 9.17) is 11.6 Å². The number of alkyl halides is 3. The molecule has 0 radical (unpaired) electrons. The van der Waals surface area contributed by atoms with Crippen LogP contribution in [0.3, 0.4) is 0 Å². The molecule has 0 aliphatic rings. The van der Waals surface area contributed by atoms with Crippen molar-refractivity contribution >= 4 is 33.3 Å². The van der Waals surface area contributed by atoms with E-state index in [1.54, 1.807) is 5.32 Å². The third kappa shape index (κ3) is 4.82. The lowest BCUT2D eigenvalue weighted by Crippen LogP contribution is -2.42. The molecular formula is C14H11ClF6N4O3S. The maximum Gasteiger partial charge on any atom is 0.404 e. The summed E-state index contributed by atoms with van der Waals surface area (Å²) in [4.78, 5) is 14.3. The van der Waals surface area contributed by atoms with Crippen LogP contribution in [-0.4, -0.2) is 36.1 Å². The predicted octanol–water partition coefficient (Wildman–Crippen LogP) is 2.97. The van der Waals surface area contributed by atoms with E-state index in [0.29, 0.717) is 6.92 Å². The van der Waals surface area contributed by atoms with Crippen molar-refractivity contribution in [2.45, 2.75) is 24.0 Å². The lowest BCUT2D eigenvalue weighted by molar-refractivity contribution is -0.147. The number of carbonyl (C=O) groups excluding carboxylic acids is 1. The van der Waals surface area contributed by atoms with Crippen LogP contribution in [0.1, 0.15) is 17.4 Å². The SMILES string of the molecule is C[C@@H](NS(=O)(=O)c1cn(C)c(C(=O)Nc2nc(F)c(F)cc2F)c1Cl)C(F)(F)F. The molecule has 2 heterocycles. The van der Waals surface area contributed by atoms with Crippen molar-refractivity contribution in [2.24, 2.45) is 7.05 Å². The fourth-order valence-electron chi connectivity index (χ4n) is 2.08. The van der Waals surface area contributed by atoms with Crippen molar-refractivity contribution in [1.29, 1.82) is 0 Å². The first-order valence-corrected chi connectivity index (χ1v) is 9.28. The molecule has 0 unspecified atom stereocenters. The summed E-state index contributed by atoms with van der Waals surface area (Å²) in [7, 11) is -3.68. The zero-order valence-electron chi connectivity index (χ0n) is 14.4. The number of hydrogen-bond acceptors (Lipinski definition) is 4. The van der Waals surface area contributed by atoms with Crippen molar-refractivity contribution in [2.75, 3.05) is 5.32 Å². The van der Waals surface area contributed by atoms with Crippen LogP contribution in [0.4, 0.5) is 32.2 Å². The van der Waals surface area contributed by atoms with E-state index in [2.05, 4.69) is 4.98 Å². The lowest BCUT2D eigenvalue weighted by atomic mass is 10.3. The molecule has 0 bridgehead atoms. The number of aromatic nitrogens is 2. The smallest absolute Gasteiger partial charge is 0.344 e. The zero-order chi connectivity index (χ0) is 22.3. The Morgan fingerprint density at radius 1 is 1.24 bits per heavy atom. The van der Waals surface area contributed by atoms with Gasteiger partial charge in [0.2, 0.25) is 10.0 Å². The number of pyridine rings is 1. The van der Waals surface area contributed by atoms with Crippen LogP contribution in [0.5, 0.6) is 0 Å². The van der Waals surface area contributed by atoms with E-state index >= 15 is 0 Å². The van der Waals surface area contributed by atoms with Gasteiger partial charge in [-0.1, -0.05) is 11.6 Å². The molecular weight excluding hydrogens is 454 g/mol. The van der Waals surface area contributed by atoms with Crippen LogP contribution in [0.2, 0.25) is 5.02 Å². The molecule has 29 heavy (non-hydrogen) atoms. The molecule has 15 heteroatoms. The van der Waals surface area contributed by atoms with Gasteiger partial charge in [-0.25, -0.2) is 17.2 Å². The van der Waals surface area contributed by atoms with Gasteiger partial charge in [-0.3, -0.25) is 4.79 Å². The van der Waals surface area contributed by atoms with Gasteiger partial charge in [0.25, 0.3) is 11.9 Å². The third-order valence-corrected chi connectivity index (χ3v) is 5.58. The second kappa shape index (κ2) is 7.84. The number of nitrogens with one attached hydrogen (secondary N) is 2. The molecule has 1 amide bonds. The molecule has 0 spiro atoms. The minimum absolute atomic E-state index is 0.114. The summed E-state index contributed by atoms with van der Waals surface area (Å²) in [6, 6.07) is -2.34. The average Bonchev–Trinajstić information content (AvgIpc) is 2.86. The number of sulfonamides is 1. The molecule has 1 atom stereocenters. The van der Waals surface area contributed by atoms with Gasteiger partial charge >= 0.3 is 6.18 Å². The predicted molar refractivity (Wildman–Crippen MR) is 88.3 cm³/mol. The van der Waals surface area contributed by atoms with Gasteiger partial charge in [0.05, 0.1) is 5.02 Å². The highest BCUT2D eigenvalue weighted by Crippen LogP contribution is 2.29. The Hall–Kier alpha value is -2.32. The van der Waals surface area contributed by atoms with Crippen LogP contribution in [0.25, 0.3) is 0 Å². The van der Waals surface area contributed by atoms with E-state index in [-0.39, 0.29) is 6.07 Å². The van der Waals surface area contributed by atoms with E-state index in [9.17, 15) is 39.6 Å². The second-order valence-electron chi connectivity index (χ2n) is 5.70. The third-order valence-electron chi connectivity index (χ3n) is 3.53. The van der Waals surface area contributed by atoms with Gasteiger partial charge in [0.1, 0.15) is 16.6 Å². The normalized spacial score (nSPS) is 13.4. The number of aryl methyl sites for hydroxylation is 1. The number of carbonyl (C=O) groups is 1. The van der Waals surface area contributed by atoms with Crippen molar-refractivity contribution < 1.29 is 39.6 Å². The molecule has 2 rings (SSSR count). The molecule has 0 aliphatic heterocycles. The lowest BCUT2D eigenvalue weighted by Gasteiger charge is -2.16. The molecule has 0 saturated carbocycles. The van der Waals surface area contributed by atoms with Gasteiger partial charge in [0, 0.05) is 19.3 Å². The number of amides is 1. The summed E-state index contributed by atoms with van der Waals surface area (Å²) < 4.78 is 104. The summed E-state index contributed by atoms with van der Waals surface area (Å²) in [6.45, 7) is 0.555. The fraction of sp³-hybridized carbons (Fsp3) is 0.286. The Balaban J connectivity index is 2.38. The quantitative estimate of drug-likeness (QED) is 0.525. The summed E-state index contributed by atoms with van der Waals surface area (Å²) in [5.74, 6) is -7.06. The van der Waals surface area contributed by atoms with E-state index in [1.165, 1.54) is 4.72 Å². The maximum atomic E-state index is 13.6. The Kier molecular flexibility index (Phi) is 6.20. The van der Waals surface area contributed by atoms with Gasteiger partial charge in [-0.2, -0.15) is 27.3 Å². The highest BCUT2D eigenvalue weighted by atomic mass is 35.5. The van der Waals surface area contributed by atoms with Crippen molar-refractivity contribution in [1.82, 2.24) is 14.3 Å². The van der Waals surface area contributed by atoms with E-state index < -0.39 is 67.2 Å². The zero-order valence-corrected chi connectivity index (χ0v) is 16.0. The number of halogens is 7. The largest absolute Gasteiger partial charge is 0.404 e. The van der Waals surface area contributed by atoms with Crippen LogP contribution in [0.15, 0.2) is 17.2 Å². The number of nitrogens with zero attached hydrogens (tertiary/aromatic N) is 2. The molecule has 2 aromatic heterocycles. The van der Waals surface area contributed by atoms with Crippen LogP contribution in [0, 0.1) is 17.6 Å². The van der Waals surface area contributed by atoms with Gasteiger partial charge in [-0.15, -0.1) is 0 Å². The maximum absolute atomic E-state index is 13.6. The highest BCUT2D eigenvalue weighted by Gasteiger charge is 2.40. The summed E-state index contributed by atoms with van der Waals surface area (Å²) in [5.41, 5.74) is -0.613. The van der Waals surface area contributed by atoms with Gasteiger partial charge in [-0.05, 0) is 6.92 Å². The standard InChI is InChI=1S/C14H11ClF6N4O3S/c1-5(14(19,20)21)24-29(27,28)8-4-25(2)10(9(8)15)13(26)23-12-7(17)3-6(16)11(18)22-12/h3-5,24H,1-2H3,(H,22,23,26)/t5-/m1/s1. The Bertz CT molecular complexity index is 1070. The highest BCUT2D eigenvalue weighted by molar-refractivity contribution is 7.89. The first-order valence-electron chi connectivity index (χ1n) is 7.42. The minimum Gasteiger partial charge on any atom is -0.344 e. The van der Waals surface area contributed by atoms with Crippen molar-refractivity contribution in [3.63, 3.8) is 0 Å².